The predicted octanol–water partition coefficient (Wildman–Crippen LogP) is 2.72. The Morgan fingerprint density at radius 3 is 2.39 bits per heavy atom. The van der Waals surface area contributed by atoms with Crippen molar-refractivity contribution in [3.05, 3.63) is 47.4 Å². The monoisotopic (exact) mass is 451 g/mol. The Bertz CT molecular complexity index is 1180. The fourth-order valence-electron chi connectivity index (χ4n) is 4.57. The van der Waals surface area contributed by atoms with Crippen molar-refractivity contribution in [1.29, 1.82) is 0 Å². The number of benzene rings is 1. The van der Waals surface area contributed by atoms with Crippen molar-refractivity contribution in [2.24, 2.45) is 0 Å². The van der Waals surface area contributed by atoms with Crippen LogP contribution in [0.3, 0.4) is 0 Å². The van der Waals surface area contributed by atoms with Crippen molar-refractivity contribution in [2.45, 2.75) is 19.8 Å². The van der Waals surface area contributed by atoms with Crippen LogP contribution < -0.4 is 0 Å². The molecule has 0 saturated carbocycles. The summed E-state index contributed by atoms with van der Waals surface area (Å²) in [4.78, 5) is 36.3. The second-order valence-electron chi connectivity index (χ2n) is 8.67. The van der Waals surface area contributed by atoms with Gasteiger partial charge in [0.2, 0.25) is 5.91 Å². The van der Waals surface area contributed by atoms with E-state index in [9.17, 15) is 14.0 Å². The fraction of sp³-hybridized carbons (Fsp3) is 0.417. The predicted molar refractivity (Wildman–Crippen MR) is 120 cm³/mol. The van der Waals surface area contributed by atoms with E-state index in [0.717, 1.165) is 25.9 Å². The maximum atomic E-state index is 13.5. The molecule has 8 nitrogen and oxygen atoms in total. The van der Waals surface area contributed by atoms with Gasteiger partial charge in [-0.1, -0.05) is 5.16 Å². The lowest BCUT2D eigenvalue weighted by Crippen LogP contribution is -2.51. The summed E-state index contributed by atoms with van der Waals surface area (Å²) in [7, 11) is 0. The molecule has 2 amide bonds. The largest absolute Gasteiger partial charge is 0.342 e. The van der Waals surface area contributed by atoms with Crippen LogP contribution in [-0.4, -0.2) is 82.5 Å². The topological polar surface area (TPSA) is 82.8 Å². The van der Waals surface area contributed by atoms with Gasteiger partial charge in [-0.15, -0.1) is 0 Å². The van der Waals surface area contributed by atoms with E-state index in [1.165, 1.54) is 12.1 Å². The number of halogens is 1. The number of piperazine rings is 1. The first-order chi connectivity index (χ1) is 16.0. The van der Waals surface area contributed by atoms with Gasteiger partial charge in [-0.3, -0.25) is 14.5 Å². The van der Waals surface area contributed by atoms with Gasteiger partial charge in [0.1, 0.15) is 5.82 Å². The van der Waals surface area contributed by atoms with Crippen LogP contribution in [0.5, 0.6) is 0 Å². The molecule has 0 N–H and O–H groups in total. The number of fused-ring (bicyclic) bond motifs is 1. The van der Waals surface area contributed by atoms with Gasteiger partial charge in [0.15, 0.2) is 0 Å². The molecule has 2 aliphatic rings. The quantitative estimate of drug-likeness (QED) is 0.607. The molecule has 0 radical (unpaired) electrons. The molecule has 0 aliphatic carbocycles. The maximum absolute atomic E-state index is 13.5. The molecule has 2 fully saturated rings. The van der Waals surface area contributed by atoms with Gasteiger partial charge in [-0.25, -0.2) is 9.37 Å². The van der Waals surface area contributed by atoms with Crippen molar-refractivity contribution < 1.29 is 18.5 Å². The number of hydrogen-bond acceptors (Lipinski definition) is 6. The molecule has 9 heteroatoms. The standard InChI is InChI=1S/C24H26FN5O3/c1-16-22-19(14-20(26-23(22)33-27-16)17-4-6-18(25)7-5-17)24(32)30-12-10-28(11-13-30)15-21(31)29-8-2-3-9-29/h4-7,14H,2-3,8-13,15H2,1H3. The summed E-state index contributed by atoms with van der Waals surface area (Å²) in [6, 6.07) is 7.69. The Balaban J connectivity index is 1.34. The molecule has 0 atom stereocenters. The highest BCUT2D eigenvalue weighted by Crippen LogP contribution is 2.28. The highest BCUT2D eigenvalue weighted by molar-refractivity contribution is 6.07. The summed E-state index contributed by atoms with van der Waals surface area (Å²) in [5, 5.41) is 4.59. The van der Waals surface area contributed by atoms with Gasteiger partial charge in [0.05, 0.1) is 28.9 Å². The van der Waals surface area contributed by atoms with E-state index in [2.05, 4.69) is 15.0 Å². The lowest BCUT2D eigenvalue weighted by Gasteiger charge is -2.35. The minimum atomic E-state index is -0.340. The molecule has 2 aromatic heterocycles. The normalized spacial score (nSPS) is 17.2. The van der Waals surface area contributed by atoms with Crippen LogP contribution in [-0.2, 0) is 4.79 Å². The molecule has 1 aromatic carbocycles. The summed E-state index contributed by atoms with van der Waals surface area (Å²) >= 11 is 0. The van der Waals surface area contributed by atoms with Crippen LogP contribution in [0.4, 0.5) is 4.39 Å². The molecule has 3 aromatic rings. The van der Waals surface area contributed by atoms with Crippen molar-refractivity contribution in [3.8, 4) is 11.3 Å². The first kappa shape index (κ1) is 21.5. The second kappa shape index (κ2) is 8.90. The minimum Gasteiger partial charge on any atom is -0.342 e. The van der Waals surface area contributed by atoms with Crippen molar-refractivity contribution in [1.82, 2.24) is 24.8 Å². The van der Waals surface area contributed by atoms with Crippen LogP contribution in [0.2, 0.25) is 0 Å². The molecule has 5 rings (SSSR count). The van der Waals surface area contributed by atoms with Crippen LogP contribution in [0.25, 0.3) is 22.4 Å². The molecule has 172 valence electrons. The van der Waals surface area contributed by atoms with Gasteiger partial charge in [0, 0.05) is 44.8 Å². The van der Waals surface area contributed by atoms with E-state index in [1.807, 2.05) is 4.90 Å². The summed E-state index contributed by atoms with van der Waals surface area (Å²) in [5.41, 5.74) is 2.57. The smallest absolute Gasteiger partial charge is 0.259 e. The Hall–Kier alpha value is -3.33. The molecule has 2 saturated heterocycles. The Morgan fingerprint density at radius 1 is 1.00 bits per heavy atom. The van der Waals surface area contributed by atoms with Crippen LogP contribution in [0.15, 0.2) is 34.9 Å². The van der Waals surface area contributed by atoms with Gasteiger partial charge in [-0.05, 0) is 50.1 Å². The molecule has 0 unspecified atom stereocenters. The SMILES string of the molecule is Cc1noc2nc(-c3ccc(F)cc3)cc(C(=O)N3CCN(CC(=O)N4CCCC4)CC3)c12. The number of aromatic nitrogens is 2. The fourth-order valence-corrected chi connectivity index (χ4v) is 4.57. The summed E-state index contributed by atoms with van der Waals surface area (Å²) in [6.45, 7) is 6.25. The molecular formula is C24H26FN5O3. The van der Waals surface area contributed by atoms with Crippen LogP contribution >= 0.6 is 0 Å². The zero-order chi connectivity index (χ0) is 22.9. The Labute approximate surface area is 190 Å². The third-order valence-corrected chi connectivity index (χ3v) is 6.46. The first-order valence-corrected chi connectivity index (χ1v) is 11.3. The van der Waals surface area contributed by atoms with Gasteiger partial charge in [0.25, 0.3) is 11.6 Å². The van der Waals surface area contributed by atoms with E-state index < -0.39 is 0 Å². The van der Waals surface area contributed by atoms with Crippen LogP contribution in [0, 0.1) is 12.7 Å². The van der Waals surface area contributed by atoms with Crippen molar-refractivity contribution in [3.63, 3.8) is 0 Å². The minimum absolute atomic E-state index is 0.123. The molecular weight excluding hydrogens is 425 g/mol. The number of aryl methyl sites for hydroxylation is 1. The Morgan fingerprint density at radius 2 is 1.70 bits per heavy atom. The van der Waals surface area contributed by atoms with E-state index in [1.54, 1.807) is 30.0 Å². The summed E-state index contributed by atoms with van der Waals surface area (Å²) < 4.78 is 18.7. The summed E-state index contributed by atoms with van der Waals surface area (Å²) in [5.74, 6) is -0.289. The number of amides is 2. The number of likely N-dealkylation sites (tertiary alicyclic amines) is 1. The molecule has 33 heavy (non-hydrogen) atoms. The number of carbonyl (C=O) groups excluding carboxylic acids is 2. The highest BCUT2D eigenvalue weighted by atomic mass is 19.1. The lowest BCUT2D eigenvalue weighted by atomic mass is 10.0. The number of pyridine rings is 1. The number of rotatable bonds is 4. The van der Waals surface area contributed by atoms with E-state index in [0.29, 0.717) is 60.6 Å². The molecule has 0 bridgehead atoms. The highest BCUT2D eigenvalue weighted by Gasteiger charge is 2.28. The van der Waals surface area contributed by atoms with Crippen molar-refractivity contribution >= 4 is 22.9 Å². The third kappa shape index (κ3) is 4.32. The second-order valence-corrected chi connectivity index (χ2v) is 8.67. The van der Waals surface area contributed by atoms with Gasteiger partial charge in [-0.2, -0.15) is 0 Å². The molecule has 4 heterocycles. The average molecular weight is 452 g/mol. The lowest BCUT2D eigenvalue weighted by molar-refractivity contribution is -0.131. The van der Waals surface area contributed by atoms with Crippen molar-refractivity contribution in [2.75, 3.05) is 45.8 Å². The maximum Gasteiger partial charge on any atom is 0.259 e. The zero-order valence-electron chi connectivity index (χ0n) is 18.6. The van der Waals surface area contributed by atoms with Gasteiger partial charge < -0.3 is 14.3 Å². The Kier molecular flexibility index (Phi) is 5.80. The van der Waals surface area contributed by atoms with E-state index in [-0.39, 0.29) is 23.3 Å². The number of nitrogens with zero attached hydrogens (tertiary/aromatic N) is 5. The third-order valence-electron chi connectivity index (χ3n) is 6.46. The van der Waals surface area contributed by atoms with Gasteiger partial charge >= 0.3 is 0 Å². The van der Waals surface area contributed by atoms with E-state index in [4.69, 9.17) is 4.52 Å². The average Bonchev–Trinajstić information content (AvgIpc) is 3.50. The molecule has 2 aliphatic heterocycles. The molecule has 0 spiro atoms. The number of carbonyl (C=O) groups is 2. The first-order valence-electron chi connectivity index (χ1n) is 11.3. The zero-order valence-corrected chi connectivity index (χ0v) is 18.6. The summed E-state index contributed by atoms with van der Waals surface area (Å²) in [6.07, 6.45) is 2.16. The number of hydrogen-bond donors (Lipinski definition) is 0. The van der Waals surface area contributed by atoms with E-state index >= 15 is 0 Å². The van der Waals surface area contributed by atoms with Crippen LogP contribution in [0.1, 0.15) is 28.9 Å².